The van der Waals surface area contributed by atoms with E-state index in [1.54, 1.807) is 24.2 Å². The summed E-state index contributed by atoms with van der Waals surface area (Å²) in [6.45, 7) is 0. The Balaban J connectivity index is 1.47. The van der Waals surface area contributed by atoms with Gasteiger partial charge in [0.05, 0.1) is 11.4 Å². The summed E-state index contributed by atoms with van der Waals surface area (Å²) in [6, 6.07) is 20.4. The predicted molar refractivity (Wildman–Crippen MR) is 112 cm³/mol. The molecule has 28 heavy (non-hydrogen) atoms. The van der Waals surface area contributed by atoms with Gasteiger partial charge in [-0.05, 0) is 6.42 Å². The SMILES string of the molecule is O=C(CCCSc1nc(-c2ccccc2)c(-c2ccccc2)[nH]1)c1ncc[nH]1. The van der Waals surface area contributed by atoms with Gasteiger partial charge >= 0.3 is 0 Å². The van der Waals surface area contributed by atoms with E-state index in [0.717, 1.165) is 39.8 Å². The van der Waals surface area contributed by atoms with Crippen molar-refractivity contribution in [1.82, 2.24) is 19.9 Å². The summed E-state index contributed by atoms with van der Waals surface area (Å²) >= 11 is 1.63. The van der Waals surface area contributed by atoms with Gasteiger partial charge in [0, 0.05) is 35.7 Å². The maximum Gasteiger partial charge on any atom is 0.198 e. The number of hydrogen-bond acceptors (Lipinski definition) is 4. The highest BCUT2D eigenvalue weighted by atomic mass is 32.2. The van der Waals surface area contributed by atoms with Gasteiger partial charge < -0.3 is 9.97 Å². The normalized spacial score (nSPS) is 10.9. The second kappa shape index (κ2) is 8.71. The van der Waals surface area contributed by atoms with E-state index in [-0.39, 0.29) is 5.78 Å². The highest BCUT2D eigenvalue weighted by molar-refractivity contribution is 7.99. The number of Topliss-reactive ketones (excluding diaryl/α,β-unsaturated/α-hetero) is 1. The number of ketones is 1. The second-order valence-electron chi connectivity index (χ2n) is 6.31. The average Bonchev–Trinajstić information content (AvgIpc) is 3.43. The maximum atomic E-state index is 12.0. The number of benzene rings is 2. The highest BCUT2D eigenvalue weighted by Gasteiger charge is 2.14. The Kier molecular flexibility index (Phi) is 5.68. The first kappa shape index (κ1) is 18.3. The van der Waals surface area contributed by atoms with Crippen molar-refractivity contribution in [2.24, 2.45) is 0 Å². The van der Waals surface area contributed by atoms with Crippen LogP contribution in [0.1, 0.15) is 23.5 Å². The Labute approximate surface area is 167 Å². The molecule has 5 nitrogen and oxygen atoms in total. The molecule has 2 N–H and O–H groups in total. The van der Waals surface area contributed by atoms with Crippen LogP contribution in [-0.4, -0.2) is 31.5 Å². The Morgan fingerprint density at radius 2 is 1.68 bits per heavy atom. The van der Waals surface area contributed by atoms with Crippen molar-refractivity contribution >= 4 is 17.5 Å². The zero-order valence-corrected chi connectivity index (χ0v) is 16.1. The minimum atomic E-state index is 0.0417. The molecule has 0 saturated carbocycles. The monoisotopic (exact) mass is 388 g/mol. The zero-order valence-electron chi connectivity index (χ0n) is 15.3. The van der Waals surface area contributed by atoms with E-state index in [4.69, 9.17) is 4.98 Å². The topological polar surface area (TPSA) is 74.4 Å². The van der Waals surface area contributed by atoms with Gasteiger partial charge in [-0.1, -0.05) is 72.4 Å². The van der Waals surface area contributed by atoms with Crippen molar-refractivity contribution in [2.75, 3.05) is 5.75 Å². The first-order valence-electron chi connectivity index (χ1n) is 9.17. The van der Waals surface area contributed by atoms with Gasteiger partial charge in [-0.25, -0.2) is 9.97 Å². The largest absolute Gasteiger partial charge is 0.342 e. The summed E-state index contributed by atoms with van der Waals surface area (Å²) in [7, 11) is 0. The van der Waals surface area contributed by atoms with Crippen LogP contribution in [0.5, 0.6) is 0 Å². The number of H-pyrrole nitrogens is 2. The molecule has 0 aliphatic carbocycles. The van der Waals surface area contributed by atoms with Crippen LogP contribution in [0.3, 0.4) is 0 Å². The summed E-state index contributed by atoms with van der Waals surface area (Å²) in [5.74, 6) is 1.28. The van der Waals surface area contributed by atoms with Crippen LogP contribution in [0.15, 0.2) is 78.2 Å². The molecule has 0 aliphatic heterocycles. The van der Waals surface area contributed by atoms with Gasteiger partial charge in [0.2, 0.25) is 0 Å². The van der Waals surface area contributed by atoms with Gasteiger partial charge in [-0.2, -0.15) is 0 Å². The van der Waals surface area contributed by atoms with Crippen molar-refractivity contribution in [1.29, 1.82) is 0 Å². The molecular weight excluding hydrogens is 368 g/mol. The van der Waals surface area contributed by atoms with E-state index in [2.05, 4.69) is 39.2 Å². The van der Waals surface area contributed by atoms with Crippen molar-refractivity contribution < 1.29 is 4.79 Å². The lowest BCUT2D eigenvalue weighted by Gasteiger charge is -2.02. The van der Waals surface area contributed by atoms with E-state index < -0.39 is 0 Å². The van der Waals surface area contributed by atoms with Crippen molar-refractivity contribution in [3.8, 4) is 22.5 Å². The van der Waals surface area contributed by atoms with Gasteiger partial charge in [0.1, 0.15) is 0 Å². The smallest absolute Gasteiger partial charge is 0.198 e. The number of imidazole rings is 2. The Morgan fingerprint density at radius 1 is 0.964 bits per heavy atom. The van der Waals surface area contributed by atoms with Crippen LogP contribution in [0, 0.1) is 0 Å². The lowest BCUT2D eigenvalue weighted by molar-refractivity contribution is 0.0973. The summed E-state index contributed by atoms with van der Waals surface area (Å²) in [5, 5.41) is 0.864. The van der Waals surface area contributed by atoms with Gasteiger partial charge in [-0.15, -0.1) is 0 Å². The molecule has 2 aromatic carbocycles. The Bertz CT molecular complexity index is 970. The first-order chi connectivity index (χ1) is 13.8. The average molecular weight is 388 g/mol. The standard InChI is InChI=1S/C22H20N4OS/c27-18(21-23-13-14-24-21)12-7-15-28-22-25-19(16-8-3-1-4-9-16)20(26-22)17-10-5-2-6-11-17/h1-6,8-11,13-14H,7,12,15H2,(H,23,24)(H,25,26). The Morgan fingerprint density at radius 3 is 2.36 bits per heavy atom. The quantitative estimate of drug-likeness (QED) is 0.246. The third-order valence-electron chi connectivity index (χ3n) is 4.34. The van der Waals surface area contributed by atoms with E-state index in [0.29, 0.717) is 12.2 Å². The van der Waals surface area contributed by atoms with Crippen LogP contribution in [0.25, 0.3) is 22.5 Å². The summed E-state index contributed by atoms with van der Waals surface area (Å²) in [6.07, 6.45) is 4.51. The molecule has 140 valence electrons. The summed E-state index contributed by atoms with van der Waals surface area (Å²) < 4.78 is 0. The van der Waals surface area contributed by atoms with Gasteiger partial charge in [0.15, 0.2) is 16.8 Å². The molecule has 0 fully saturated rings. The number of carbonyl (C=O) groups excluding carboxylic acids is 1. The number of rotatable bonds is 8. The third kappa shape index (κ3) is 4.23. The molecule has 0 atom stereocenters. The van der Waals surface area contributed by atoms with Crippen molar-refractivity contribution in [3.05, 3.63) is 78.9 Å². The number of thioether (sulfide) groups is 1. The van der Waals surface area contributed by atoms with E-state index in [9.17, 15) is 4.79 Å². The molecule has 0 amide bonds. The molecule has 2 heterocycles. The van der Waals surface area contributed by atoms with Crippen LogP contribution in [0.4, 0.5) is 0 Å². The van der Waals surface area contributed by atoms with E-state index >= 15 is 0 Å². The fraction of sp³-hybridized carbons (Fsp3) is 0.136. The maximum absolute atomic E-state index is 12.0. The van der Waals surface area contributed by atoms with Crippen molar-refractivity contribution in [2.45, 2.75) is 18.0 Å². The summed E-state index contributed by atoms with van der Waals surface area (Å²) in [4.78, 5) is 27.2. The lowest BCUT2D eigenvalue weighted by atomic mass is 10.1. The summed E-state index contributed by atoms with van der Waals surface area (Å²) in [5.41, 5.74) is 4.15. The molecule has 0 aliphatic rings. The number of aromatic nitrogens is 4. The van der Waals surface area contributed by atoms with Gasteiger partial charge in [-0.3, -0.25) is 4.79 Å². The zero-order chi connectivity index (χ0) is 19.2. The van der Waals surface area contributed by atoms with Crippen LogP contribution < -0.4 is 0 Å². The van der Waals surface area contributed by atoms with E-state index in [1.807, 2.05) is 36.4 Å². The van der Waals surface area contributed by atoms with Crippen LogP contribution in [-0.2, 0) is 0 Å². The molecule has 0 unspecified atom stereocenters. The minimum Gasteiger partial charge on any atom is -0.342 e. The fourth-order valence-electron chi connectivity index (χ4n) is 2.98. The highest BCUT2D eigenvalue weighted by Crippen LogP contribution is 2.32. The predicted octanol–water partition coefficient (Wildman–Crippen LogP) is 5.22. The molecular formula is C22H20N4OS. The number of aromatic amines is 2. The minimum absolute atomic E-state index is 0.0417. The second-order valence-corrected chi connectivity index (χ2v) is 7.39. The number of nitrogens with zero attached hydrogens (tertiary/aromatic N) is 2. The molecule has 0 saturated heterocycles. The van der Waals surface area contributed by atoms with Crippen LogP contribution >= 0.6 is 11.8 Å². The number of hydrogen-bond donors (Lipinski definition) is 2. The van der Waals surface area contributed by atoms with E-state index in [1.165, 1.54) is 0 Å². The van der Waals surface area contributed by atoms with Crippen LogP contribution in [0.2, 0.25) is 0 Å². The lowest BCUT2D eigenvalue weighted by Crippen LogP contribution is -2.01. The first-order valence-corrected chi connectivity index (χ1v) is 10.2. The molecule has 0 spiro atoms. The van der Waals surface area contributed by atoms with Crippen molar-refractivity contribution in [3.63, 3.8) is 0 Å². The molecule has 4 aromatic rings. The molecule has 0 radical (unpaired) electrons. The fourth-order valence-corrected chi connectivity index (χ4v) is 3.79. The molecule has 4 rings (SSSR count). The number of nitrogens with one attached hydrogen (secondary N) is 2. The molecule has 0 bridgehead atoms. The number of carbonyl (C=O) groups is 1. The molecule has 2 aromatic heterocycles. The molecule has 6 heteroatoms. The Hall–Kier alpha value is -3.12. The van der Waals surface area contributed by atoms with Gasteiger partial charge in [0.25, 0.3) is 0 Å². The third-order valence-corrected chi connectivity index (χ3v) is 5.30.